The highest BCUT2D eigenvalue weighted by atomic mass is 32.1. The number of aromatic nitrogens is 3. The van der Waals surface area contributed by atoms with E-state index in [0.717, 1.165) is 24.8 Å². The predicted molar refractivity (Wildman–Crippen MR) is 99.1 cm³/mol. The van der Waals surface area contributed by atoms with Gasteiger partial charge in [0.15, 0.2) is 0 Å². The van der Waals surface area contributed by atoms with E-state index in [1.165, 1.54) is 4.88 Å². The van der Waals surface area contributed by atoms with E-state index in [9.17, 15) is 4.79 Å². The van der Waals surface area contributed by atoms with Gasteiger partial charge in [0.1, 0.15) is 5.69 Å². The van der Waals surface area contributed by atoms with Crippen molar-refractivity contribution in [1.29, 1.82) is 0 Å². The van der Waals surface area contributed by atoms with Crippen molar-refractivity contribution in [3.8, 4) is 11.6 Å². The molecule has 3 aromatic rings. The van der Waals surface area contributed by atoms with E-state index < -0.39 is 0 Å². The Morgan fingerprint density at radius 2 is 2.15 bits per heavy atom. The number of hydrogen-bond donors (Lipinski definition) is 0. The fourth-order valence-electron chi connectivity index (χ4n) is 3.18. The van der Waals surface area contributed by atoms with Crippen molar-refractivity contribution >= 4 is 17.2 Å². The second-order valence-corrected chi connectivity index (χ2v) is 7.38. The third kappa shape index (κ3) is 3.39. The summed E-state index contributed by atoms with van der Waals surface area (Å²) in [7, 11) is 0. The number of carbonyl (C=O) groups is 1. The lowest BCUT2D eigenvalue weighted by atomic mass is 9.96. The maximum Gasteiger partial charge on any atom is 0.266 e. The van der Waals surface area contributed by atoms with Gasteiger partial charge in [-0.25, -0.2) is 0 Å². The second-order valence-electron chi connectivity index (χ2n) is 6.38. The first-order valence-corrected chi connectivity index (χ1v) is 9.74. The molecule has 0 atom stereocenters. The molecule has 0 aromatic carbocycles. The van der Waals surface area contributed by atoms with Crippen LogP contribution < -0.4 is 0 Å². The van der Waals surface area contributed by atoms with Gasteiger partial charge in [-0.15, -0.1) is 21.5 Å². The smallest absolute Gasteiger partial charge is 0.266 e. The summed E-state index contributed by atoms with van der Waals surface area (Å²) in [5, 5.41) is 10.3. The van der Waals surface area contributed by atoms with Crippen molar-refractivity contribution in [3.63, 3.8) is 0 Å². The number of thiophene rings is 1. The Kier molecular flexibility index (Phi) is 4.79. The summed E-state index contributed by atoms with van der Waals surface area (Å²) < 4.78 is 5.82. The zero-order valence-electron chi connectivity index (χ0n) is 14.6. The van der Waals surface area contributed by atoms with Crippen LogP contribution in [0.4, 0.5) is 0 Å². The molecule has 0 bridgehead atoms. The SMILES string of the molecule is CCc1cc(C(=O)N2CCC(c3nnc(-c4ccccn4)o3)CC2)cs1. The van der Waals surface area contributed by atoms with Crippen LogP contribution in [0.2, 0.25) is 0 Å². The van der Waals surface area contributed by atoms with Gasteiger partial charge in [-0.05, 0) is 37.5 Å². The minimum Gasteiger partial charge on any atom is -0.419 e. The van der Waals surface area contributed by atoms with E-state index >= 15 is 0 Å². The molecule has 0 N–H and O–H groups in total. The van der Waals surface area contributed by atoms with Gasteiger partial charge in [0, 0.05) is 35.5 Å². The third-order valence-corrected chi connectivity index (χ3v) is 5.79. The van der Waals surface area contributed by atoms with Crippen molar-refractivity contribution in [1.82, 2.24) is 20.1 Å². The molecule has 4 heterocycles. The molecule has 1 aliphatic rings. The Morgan fingerprint density at radius 3 is 2.85 bits per heavy atom. The van der Waals surface area contributed by atoms with Gasteiger partial charge in [-0.1, -0.05) is 13.0 Å². The number of pyridine rings is 1. The summed E-state index contributed by atoms with van der Waals surface area (Å²) >= 11 is 1.65. The average molecular weight is 368 g/mol. The maximum absolute atomic E-state index is 12.6. The molecule has 0 aliphatic carbocycles. The largest absolute Gasteiger partial charge is 0.419 e. The Bertz CT molecular complexity index is 882. The predicted octanol–water partition coefficient (Wildman–Crippen LogP) is 3.78. The molecule has 3 aromatic heterocycles. The van der Waals surface area contributed by atoms with Gasteiger partial charge in [0.2, 0.25) is 5.89 Å². The van der Waals surface area contributed by atoms with Gasteiger partial charge in [-0.3, -0.25) is 9.78 Å². The van der Waals surface area contributed by atoms with Crippen molar-refractivity contribution < 1.29 is 9.21 Å². The highest BCUT2D eigenvalue weighted by Gasteiger charge is 2.28. The summed E-state index contributed by atoms with van der Waals surface area (Å²) in [6.07, 6.45) is 4.34. The van der Waals surface area contributed by atoms with E-state index in [-0.39, 0.29) is 11.8 Å². The van der Waals surface area contributed by atoms with E-state index in [1.54, 1.807) is 17.5 Å². The van der Waals surface area contributed by atoms with Crippen LogP contribution in [-0.2, 0) is 6.42 Å². The summed E-state index contributed by atoms with van der Waals surface area (Å²) in [5.41, 5.74) is 1.49. The fraction of sp³-hybridized carbons (Fsp3) is 0.368. The topological polar surface area (TPSA) is 72.1 Å². The minimum absolute atomic E-state index is 0.124. The zero-order valence-corrected chi connectivity index (χ0v) is 15.4. The molecule has 0 saturated carbocycles. The number of amides is 1. The standard InChI is InChI=1S/C19H20N4O2S/c1-2-15-11-14(12-26-15)19(24)23-9-6-13(7-10-23)17-21-22-18(25-17)16-5-3-4-8-20-16/h3-5,8,11-13H,2,6-7,9-10H2,1H3. The van der Waals surface area contributed by atoms with Crippen LogP contribution in [-0.4, -0.2) is 39.1 Å². The number of rotatable bonds is 4. The first-order valence-electron chi connectivity index (χ1n) is 8.86. The van der Waals surface area contributed by atoms with Gasteiger partial charge in [-0.2, -0.15) is 0 Å². The zero-order chi connectivity index (χ0) is 17.9. The van der Waals surface area contributed by atoms with Crippen LogP contribution in [0.25, 0.3) is 11.6 Å². The van der Waals surface area contributed by atoms with E-state index in [0.29, 0.717) is 30.6 Å². The number of piperidine rings is 1. The molecule has 1 amide bonds. The molecule has 1 aliphatic heterocycles. The van der Waals surface area contributed by atoms with Gasteiger partial charge < -0.3 is 9.32 Å². The van der Waals surface area contributed by atoms with Crippen LogP contribution in [0, 0.1) is 0 Å². The molecule has 7 heteroatoms. The number of aryl methyl sites for hydroxylation is 1. The first kappa shape index (κ1) is 16.9. The lowest BCUT2D eigenvalue weighted by Gasteiger charge is -2.30. The maximum atomic E-state index is 12.6. The third-order valence-electron chi connectivity index (χ3n) is 4.71. The number of nitrogens with zero attached hydrogens (tertiary/aromatic N) is 4. The molecular weight excluding hydrogens is 348 g/mol. The molecule has 26 heavy (non-hydrogen) atoms. The molecule has 0 unspecified atom stereocenters. The monoisotopic (exact) mass is 368 g/mol. The van der Waals surface area contributed by atoms with Crippen LogP contribution in [0.3, 0.4) is 0 Å². The molecule has 4 rings (SSSR count). The summed E-state index contributed by atoms with van der Waals surface area (Å²) in [6, 6.07) is 7.61. The van der Waals surface area contributed by atoms with Crippen molar-refractivity contribution in [2.24, 2.45) is 0 Å². The molecule has 1 saturated heterocycles. The molecule has 0 radical (unpaired) electrons. The quantitative estimate of drug-likeness (QED) is 0.701. The van der Waals surface area contributed by atoms with Gasteiger partial charge >= 0.3 is 0 Å². The van der Waals surface area contributed by atoms with Crippen LogP contribution in [0.15, 0.2) is 40.3 Å². The summed E-state index contributed by atoms with van der Waals surface area (Å²) in [4.78, 5) is 20.0. The van der Waals surface area contributed by atoms with Crippen molar-refractivity contribution in [3.05, 3.63) is 52.2 Å². The van der Waals surface area contributed by atoms with Crippen LogP contribution >= 0.6 is 11.3 Å². The number of hydrogen-bond acceptors (Lipinski definition) is 6. The van der Waals surface area contributed by atoms with Crippen LogP contribution in [0.1, 0.15) is 46.8 Å². The molecule has 1 fully saturated rings. The Hall–Kier alpha value is -2.54. The molecule has 6 nitrogen and oxygen atoms in total. The molecule has 0 spiro atoms. The average Bonchev–Trinajstić information content (AvgIpc) is 3.38. The van der Waals surface area contributed by atoms with Crippen LogP contribution in [0.5, 0.6) is 0 Å². The highest BCUT2D eigenvalue weighted by molar-refractivity contribution is 7.10. The molecular formula is C19H20N4O2S. The van der Waals surface area contributed by atoms with Gasteiger partial charge in [0.25, 0.3) is 11.8 Å². The molecule has 134 valence electrons. The van der Waals surface area contributed by atoms with E-state index in [4.69, 9.17) is 4.42 Å². The van der Waals surface area contributed by atoms with Crippen molar-refractivity contribution in [2.75, 3.05) is 13.1 Å². The van der Waals surface area contributed by atoms with E-state index in [2.05, 4.69) is 22.1 Å². The van der Waals surface area contributed by atoms with E-state index in [1.807, 2.05) is 34.5 Å². The summed E-state index contributed by atoms with van der Waals surface area (Å²) in [6.45, 7) is 3.53. The minimum atomic E-state index is 0.124. The number of carbonyl (C=O) groups excluding carboxylic acids is 1. The fourth-order valence-corrected chi connectivity index (χ4v) is 3.99. The normalized spacial score (nSPS) is 15.3. The highest BCUT2D eigenvalue weighted by Crippen LogP contribution is 2.30. The van der Waals surface area contributed by atoms with Gasteiger partial charge in [0.05, 0.1) is 5.56 Å². The second kappa shape index (κ2) is 7.37. The number of likely N-dealkylation sites (tertiary alicyclic amines) is 1. The Morgan fingerprint density at radius 1 is 1.31 bits per heavy atom. The van der Waals surface area contributed by atoms with Crippen molar-refractivity contribution in [2.45, 2.75) is 32.1 Å². The first-order chi connectivity index (χ1) is 12.7. The lowest BCUT2D eigenvalue weighted by molar-refractivity contribution is 0.0707. The summed E-state index contributed by atoms with van der Waals surface area (Å²) in [5.74, 6) is 1.41. The Labute approximate surface area is 155 Å². The Balaban J connectivity index is 1.39. The lowest BCUT2D eigenvalue weighted by Crippen LogP contribution is -2.37.